The Kier molecular flexibility index (Phi) is 4.29. The maximum absolute atomic E-state index is 12.5. The molecule has 1 heterocycles. The van der Waals surface area contributed by atoms with Crippen LogP contribution in [0.2, 0.25) is 0 Å². The van der Waals surface area contributed by atoms with Crippen molar-refractivity contribution in [1.29, 1.82) is 0 Å². The fourth-order valence-electron chi connectivity index (χ4n) is 3.70. The number of carbonyl (C=O) groups excluding carboxylic acids is 2. The Balaban J connectivity index is 2.13. The molecule has 0 spiro atoms. The van der Waals surface area contributed by atoms with Gasteiger partial charge in [-0.25, -0.2) is 0 Å². The Labute approximate surface area is 115 Å². The number of rotatable bonds is 5. The van der Waals surface area contributed by atoms with Crippen molar-refractivity contribution in [2.45, 2.75) is 52.5 Å². The molecule has 0 aromatic heterocycles. The average Bonchev–Trinajstić information content (AvgIpc) is 2.88. The first-order valence-electron chi connectivity index (χ1n) is 7.56. The summed E-state index contributed by atoms with van der Waals surface area (Å²) < 4.78 is 0. The molecule has 3 atom stereocenters. The van der Waals surface area contributed by atoms with Crippen LogP contribution in [0.25, 0.3) is 0 Å². The molecule has 0 aromatic rings. The normalized spacial score (nSPS) is 32.3. The van der Waals surface area contributed by atoms with Gasteiger partial charge >= 0.3 is 0 Å². The van der Waals surface area contributed by atoms with Gasteiger partial charge in [0, 0.05) is 6.54 Å². The van der Waals surface area contributed by atoms with Gasteiger partial charge in [0.1, 0.15) is 0 Å². The summed E-state index contributed by atoms with van der Waals surface area (Å²) in [6, 6.07) is -0.106. The van der Waals surface area contributed by atoms with E-state index in [4.69, 9.17) is 5.73 Å². The summed E-state index contributed by atoms with van der Waals surface area (Å²) in [4.78, 5) is 26.5. The number of nitrogens with two attached hydrogens (primary N) is 1. The first kappa shape index (κ1) is 14.5. The molecule has 1 aliphatic heterocycles. The summed E-state index contributed by atoms with van der Waals surface area (Å²) in [5, 5.41) is 0. The lowest BCUT2D eigenvalue weighted by Crippen LogP contribution is -2.46. The number of likely N-dealkylation sites (tertiary alicyclic amines) is 1. The predicted octanol–water partition coefficient (Wildman–Crippen LogP) is 1.78. The van der Waals surface area contributed by atoms with E-state index in [0.29, 0.717) is 18.4 Å². The average molecular weight is 266 g/mol. The van der Waals surface area contributed by atoms with Crippen LogP contribution in [0.15, 0.2) is 0 Å². The number of imide groups is 1. The van der Waals surface area contributed by atoms with Crippen LogP contribution in [-0.2, 0) is 9.59 Å². The topological polar surface area (TPSA) is 63.4 Å². The lowest BCUT2D eigenvalue weighted by Gasteiger charge is -2.28. The third-order valence-corrected chi connectivity index (χ3v) is 4.73. The van der Waals surface area contributed by atoms with Gasteiger partial charge in [-0.05, 0) is 31.1 Å². The second-order valence-corrected chi connectivity index (χ2v) is 6.52. The molecule has 4 nitrogen and oxygen atoms in total. The van der Waals surface area contributed by atoms with Gasteiger partial charge in [-0.3, -0.25) is 14.5 Å². The van der Waals surface area contributed by atoms with Gasteiger partial charge in [-0.2, -0.15) is 0 Å². The molecule has 2 aliphatic rings. The zero-order chi connectivity index (χ0) is 14.2. The standard InChI is InChI=1S/C15H26N2O2/c1-4-10-6-12-13(7-10)15(19)17(14(12)18)11(8-16)5-9(2)3/h9-13H,4-8,16H2,1-3H3. The lowest BCUT2D eigenvalue weighted by atomic mass is 10.00. The SMILES string of the molecule is CCC1CC2C(=O)N(C(CN)CC(C)C)C(=O)C2C1. The molecule has 3 unspecified atom stereocenters. The minimum Gasteiger partial charge on any atom is -0.328 e. The summed E-state index contributed by atoms with van der Waals surface area (Å²) >= 11 is 0. The molecule has 4 heteroatoms. The van der Waals surface area contributed by atoms with E-state index in [1.54, 1.807) is 0 Å². The van der Waals surface area contributed by atoms with Gasteiger partial charge in [-0.1, -0.05) is 27.2 Å². The van der Waals surface area contributed by atoms with E-state index in [2.05, 4.69) is 20.8 Å². The Morgan fingerprint density at radius 3 is 2.11 bits per heavy atom. The van der Waals surface area contributed by atoms with Gasteiger partial charge in [0.05, 0.1) is 17.9 Å². The second kappa shape index (κ2) is 5.61. The van der Waals surface area contributed by atoms with Crippen LogP contribution in [0.4, 0.5) is 0 Å². The van der Waals surface area contributed by atoms with Gasteiger partial charge in [-0.15, -0.1) is 0 Å². The van der Waals surface area contributed by atoms with Crippen molar-refractivity contribution in [2.75, 3.05) is 6.54 Å². The third-order valence-electron chi connectivity index (χ3n) is 4.73. The molecule has 2 fully saturated rings. The molecule has 1 saturated heterocycles. The molecule has 108 valence electrons. The fraction of sp³-hybridized carbons (Fsp3) is 0.867. The van der Waals surface area contributed by atoms with Crippen molar-refractivity contribution < 1.29 is 9.59 Å². The highest BCUT2D eigenvalue weighted by atomic mass is 16.2. The van der Waals surface area contributed by atoms with Gasteiger partial charge in [0.15, 0.2) is 0 Å². The van der Waals surface area contributed by atoms with E-state index in [0.717, 1.165) is 25.7 Å². The van der Waals surface area contributed by atoms with E-state index in [1.807, 2.05) is 0 Å². The maximum Gasteiger partial charge on any atom is 0.233 e. The molecular formula is C15H26N2O2. The van der Waals surface area contributed by atoms with Crippen molar-refractivity contribution in [3.05, 3.63) is 0 Å². The van der Waals surface area contributed by atoms with Crippen LogP contribution in [0.3, 0.4) is 0 Å². The highest BCUT2D eigenvalue weighted by molar-refractivity contribution is 6.05. The summed E-state index contributed by atoms with van der Waals surface area (Å²) in [6.07, 6.45) is 3.66. The van der Waals surface area contributed by atoms with Crippen LogP contribution in [0, 0.1) is 23.7 Å². The minimum absolute atomic E-state index is 0.0436. The van der Waals surface area contributed by atoms with Crippen LogP contribution < -0.4 is 5.73 Å². The Bertz CT molecular complexity index is 343. The van der Waals surface area contributed by atoms with E-state index in [1.165, 1.54) is 4.90 Å². The highest BCUT2D eigenvalue weighted by Crippen LogP contribution is 2.45. The summed E-state index contributed by atoms with van der Waals surface area (Å²) in [6.45, 7) is 6.72. The molecule has 1 saturated carbocycles. The number of carbonyl (C=O) groups is 2. The third kappa shape index (κ3) is 2.55. The zero-order valence-corrected chi connectivity index (χ0v) is 12.3. The van der Waals surface area contributed by atoms with Gasteiger partial charge < -0.3 is 5.73 Å². The largest absolute Gasteiger partial charge is 0.328 e. The van der Waals surface area contributed by atoms with Crippen molar-refractivity contribution >= 4 is 11.8 Å². The Morgan fingerprint density at radius 2 is 1.74 bits per heavy atom. The molecule has 0 aromatic carbocycles. The number of fused-ring (bicyclic) bond motifs is 1. The van der Waals surface area contributed by atoms with Crippen LogP contribution >= 0.6 is 0 Å². The molecule has 2 amide bonds. The smallest absolute Gasteiger partial charge is 0.233 e. The molecular weight excluding hydrogens is 240 g/mol. The monoisotopic (exact) mass is 266 g/mol. The van der Waals surface area contributed by atoms with E-state index in [9.17, 15) is 9.59 Å². The van der Waals surface area contributed by atoms with E-state index < -0.39 is 0 Å². The molecule has 19 heavy (non-hydrogen) atoms. The van der Waals surface area contributed by atoms with Crippen molar-refractivity contribution in [1.82, 2.24) is 4.90 Å². The molecule has 2 N–H and O–H groups in total. The summed E-state index contributed by atoms with van der Waals surface area (Å²) in [7, 11) is 0. The summed E-state index contributed by atoms with van der Waals surface area (Å²) in [5.74, 6) is 0.964. The lowest BCUT2D eigenvalue weighted by molar-refractivity contribution is -0.143. The number of amides is 2. The summed E-state index contributed by atoms with van der Waals surface area (Å²) in [5.41, 5.74) is 5.78. The highest BCUT2D eigenvalue weighted by Gasteiger charge is 2.53. The fourth-order valence-corrected chi connectivity index (χ4v) is 3.70. The minimum atomic E-state index is -0.106. The Hall–Kier alpha value is -0.900. The second-order valence-electron chi connectivity index (χ2n) is 6.52. The molecule has 1 aliphatic carbocycles. The quantitative estimate of drug-likeness (QED) is 0.771. The Morgan fingerprint density at radius 1 is 1.21 bits per heavy atom. The molecule has 0 radical (unpaired) electrons. The van der Waals surface area contributed by atoms with Gasteiger partial charge in [0.25, 0.3) is 0 Å². The van der Waals surface area contributed by atoms with Crippen molar-refractivity contribution in [2.24, 2.45) is 29.4 Å². The molecule has 0 bridgehead atoms. The van der Waals surface area contributed by atoms with Crippen molar-refractivity contribution in [3.8, 4) is 0 Å². The van der Waals surface area contributed by atoms with Gasteiger partial charge in [0.2, 0.25) is 11.8 Å². The first-order valence-corrected chi connectivity index (χ1v) is 7.56. The molecule has 2 rings (SSSR count). The predicted molar refractivity (Wildman–Crippen MR) is 74.1 cm³/mol. The number of hydrogen-bond donors (Lipinski definition) is 1. The number of nitrogens with zero attached hydrogens (tertiary/aromatic N) is 1. The van der Waals surface area contributed by atoms with Crippen LogP contribution in [0.5, 0.6) is 0 Å². The maximum atomic E-state index is 12.5. The van der Waals surface area contributed by atoms with Crippen LogP contribution in [-0.4, -0.2) is 29.3 Å². The van der Waals surface area contributed by atoms with Crippen molar-refractivity contribution in [3.63, 3.8) is 0 Å². The zero-order valence-electron chi connectivity index (χ0n) is 12.3. The van der Waals surface area contributed by atoms with E-state index in [-0.39, 0.29) is 29.7 Å². The first-order chi connectivity index (χ1) is 8.99. The van der Waals surface area contributed by atoms with Crippen LogP contribution in [0.1, 0.15) is 46.5 Å². The number of hydrogen-bond acceptors (Lipinski definition) is 3. The van der Waals surface area contributed by atoms with E-state index >= 15 is 0 Å².